The van der Waals surface area contributed by atoms with Gasteiger partial charge in [-0.15, -0.1) is 0 Å². The Morgan fingerprint density at radius 3 is 2.40 bits per heavy atom. The Balaban J connectivity index is 2.64. The molecule has 0 aliphatic heterocycles. The Morgan fingerprint density at radius 1 is 1.10 bits per heavy atom. The number of nitrogens with one attached hydrogen (secondary N) is 2. The third-order valence-corrected chi connectivity index (χ3v) is 2.65. The molecule has 20 heavy (non-hydrogen) atoms. The minimum absolute atomic E-state index is 0.227. The van der Waals surface area contributed by atoms with Gasteiger partial charge in [0.1, 0.15) is 18.2 Å². The average Bonchev–Trinajstić information content (AvgIpc) is 2.47. The summed E-state index contributed by atoms with van der Waals surface area (Å²) in [6.07, 6.45) is 2.76. The first kappa shape index (κ1) is 16.7. The topological polar surface area (TPSA) is 79.3 Å². The zero-order valence-corrected chi connectivity index (χ0v) is 12.5. The van der Waals surface area contributed by atoms with Crippen LogP contribution in [0.25, 0.3) is 0 Å². The molecule has 1 rings (SSSR count). The van der Waals surface area contributed by atoms with E-state index in [0.29, 0.717) is 19.0 Å². The van der Waals surface area contributed by atoms with Gasteiger partial charge < -0.3 is 20.5 Å². The van der Waals surface area contributed by atoms with E-state index in [1.165, 1.54) is 0 Å². The molecule has 1 aromatic rings. The molecule has 0 aliphatic carbocycles. The molecule has 0 saturated carbocycles. The molecule has 114 valence electrons. The van der Waals surface area contributed by atoms with E-state index in [-0.39, 0.29) is 6.61 Å². The normalized spacial score (nSPS) is 10.6. The van der Waals surface area contributed by atoms with Crippen molar-refractivity contribution in [2.75, 3.05) is 36.9 Å². The quantitative estimate of drug-likeness (QED) is 0.539. The highest BCUT2D eigenvalue weighted by molar-refractivity contribution is 5.47. The summed E-state index contributed by atoms with van der Waals surface area (Å²) in [7, 11) is 0. The number of aromatic nitrogens is 2. The molecule has 0 spiro atoms. The molecule has 0 saturated heterocycles. The summed E-state index contributed by atoms with van der Waals surface area (Å²) in [5, 5.41) is 15.3. The third-order valence-electron chi connectivity index (χ3n) is 2.65. The maximum absolute atomic E-state index is 8.77. The Morgan fingerprint density at radius 2 is 1.80 bits per heavy atom. The van der Waals surface area contributed by atoms with Gasteiger partial charge >= 0.3 is 0 Å². The summed E-state index contributed by atoms with van der Waals surface area (Å²) < 4.78 is 5.36. The molecule has 0 amide bonds. The fourth-order valence-electron chi connectivity index (χ4n) is 1.64. The van der Waals surface area contributed by atoms with E-state index in [1.54, 1.807) is 0 Å². The van der Waals surface area contributed by atoms with E-state index in [1.807, 2.05) is 13.0 Å². The summed E-state index contributed by atoms with van der Waals surface area (Å²) >= 11 is 0. The summed E-state index contributed by atoms with van der Waals surface area (Å²) in [5.74, 6) is 2.30. The van der Waals surface area contributed by atoms with Gasteiger partial charge in [-0.3, -0.25) is 0 Å². The zero-order chi connectivity index (χ0) is 14.6. The lowest BCUT2D eigenvalue weighted by Gasteiger charge is -2.11. The minimum Gasteiger partial charge on any atom is -0.396 e. The standard InChI is InChI=1S/C14H26N4O2/c1-3-7-15-12-10-13(16-8-5-6-9-19)18-14(17-12)11-20-4-2/h10,19H,3-9,11H2,1-2H3,(H2,15,16,17,18). The van der Waals surface area contributed by atoms with Gasteiger partial charge in [-0.05, 0) is 26.2 Å². The van der Waals surface area contributed by atoms with Crippen LogP contribution in [0.2, 0.25) is 0 Å². The van der Waals surface area contributed by atoms with Crippen molar-refractivity contribution in [2.45, 2.75) is 39.7 Å². The van der Waals surface area contributed by atoms with E-state index in [9.17, 15) is 0 Å². The number of ether oxygens (including phenoxy) is 1. The molecule has 0 aliphatic rings. The van der Waals surface area contributed by atoms with E-state index < -0.39 is 0 Å². The van der Waals surface area contributed by atoms with Crippen LogP contribution in [0.4, 0.5) is 11.6 Å². The monoisotopic (exact) mass is 282 g/mol. The molecule has 1 aromatic heterocycles. The second kappa shape index (κ2) is 10.4. The van der Waals surface area contributed by atoms with Gasteiger partial charge in [0.2, 0.25) is 0 Å². The largest absolute Gasteiger partial charge is 0.396 e. The van der Waals surface area contributed by atoms with Crippen molar-refractivity contribution in [1.82, 2.24) is 9.97 Å². The van der Waals surface area contributed by atoms with Crippen LogP contribution in [0.1, 0.15) is 38.9 Å². The predicted octanol–water partition coefficient (Wildman–Crippen LogP) is 2.02. The summed E-state index contributed by atoms with van der Waals surface area (Å²) in [6.45, 7) is 7.04. The maximum atomic E-state index is 8.77. The van der Waals surface area contributed by atoms with Crippen LogP contribution in [0.15, 0.2) is 6.07 Å². The highest BCUT2D eigenvalue weighted by Crippen LogP contribution is 2.12. The SMILES string of the molecule is CCCNc1cc(NCCCCO)nc(COCC)n1. The highest BCUT2D eigenvalue weighted by Gasteiger charge is 2.04. The number of anilines is 2. The van der Waals surface area contributed by atoms with Crippen LogP contribution >= 0.6 is 0 Å². The molecular weight excluding hydrogens is 256 g/mol. The van der Waals surface area contributed by atoms with Gasteiger partial charge in [-0.25, -0.2) is 9.97 Å². The van der Waals surface area contributed by atoms with Gasteiger partial charge in [0.15, 0.2) is 5.82 Å². The van der Waals surface area contributed by atoms with Gasteiger partial charge in [0, 0.05) is 32.4 Å². The minimum atomic E-state index is 0.227. The third kappa shape index (κ3) is 6.68. The summed E-state index contributed by atoms with van der Waals surface area (Å²) in [4.78, 5) is 8.85. The predicted molar refractivity (Wildman–Crippen MR) is 81.0 cm³/mol. The molecule has 0 aromatic carbocycles. The highest BCUT2D eigenvalue weighted by atomic mass is 16.5. The molecule has 0 unspecified atom stereocenters. The molecule has 6 nitrogen and oxygen atoms in total. The molecule has 0 atom stereocenters. The number of hydrogen-bond acceptors (Lipinski definition) is 6. The molecule has 0 fully saturated rings. The molecule has 0 bridgehead atoms. The van der Waals surface area contributed by atoms with Crippen molar-refractivity contribution < 1.29 is 9.84 Å². The molecule has 1 heterocycles. The fourth-order valence-corrected chi connectivity index (χ4v) is 1.64. The van der Waals surface area contributed by atoms with Gasteiger partial charge in [-0.2, -0.15) is 0 Å². The van der Waals surface area contributed by atoms with Gasteiger partial charge in [0.25, 0.3) is 0 Å². The lowest BCUT2D eigenvalue weighted by Crippen LogP contribution is -2.10. The number of rotatable bonds is 11. The average molecular weight is 282 g/mol. The Kier molecular flexibility index (Phi) is 8.66. The van der Waals surface area contributed by atoms with Crippen LogP contribution in [0, 0.1) is 0 Å². The second-order valence-corrected chi connectivity index (χ2v) is 4.48. The van der Waals surface area contributed by atoms with E-state index in [2.05, 4.69) is 27.5 Å². The van der Waals surface area contributed by atoms with Crippen LogP contribution in [-0.2, 0) is 11.3 Å². The van der Waals surface area contributed by atoms with Crippen molar-refractivity contribution >= 4 is 11.6 Å². The first-order chi connectivity index (χ1) is 9.80. The first-order valence-electron chi connectivity index (χ1n) is 7.34. The van der Waals surface area contributed by atoms with Crippen molar-refractivity contribution in [3.8, 4) is 0 Å². The van der Waals surface area contributed by atoms with E-state index >= 15 is 0 Å². The summed E-state index contributed by atoms with van der Waals surface area (Å²) in [5.41, 5.74) is 0. The number of nitrogens with zero attached hydrogens (tertiary/aromatic N) is 2. The molecule has 3 N–H and O–H groups in total. The Hall–Kier alpha value is -1.40. The number of aliphatic hydroxyl groups is 1. The Labute approximate surface area is 121 Å². The van der Waals surface area contributed by atoms with Crippen molar-refractivity contribution in [3.05, 3.63) is 11.9 Å². The number of aliphatic hydroxyl groups excluding tert-OH is 1. The van der Waals surface area contributed by atoms with E-state index in [4.69, 9.17) is 9.84 Å². The number of unbranched alkanes of at least 4 members (excludes halogenated alkanes) is 1. The van der Waals surface area contributed by atoms with Crippen molar-refractivity contribution in [3.63, 3.8) is 0 Å². The lowest BCUT2D eigenvalue weighted by molar-refractivity contribution is 0.128. The van der Waals surface area contributed by atoms with Crippen LogP contribution in [0.5, 0.6) is 0 Å². The smallest absolute Gasteiger partial charge is 0.158 e. The van der Waals surface area contributed by atoms with Gasteiger partial charge in [0.05, 0.1) is 0 Å². The molecular formula is C14H26N4O2. The van der Waals surface area contributed by atoms with Crippen LogP contribution in [0.3, 0.4) is 0 Å². The van der Waals surface area contributed by atoms with Crippen molar-refractivity contribution in [2.24, 2.45) is 0 Å². The van der Waals surface area contributed by atoms with Gasteiger partial charge in [-0.1, -0.05) is 6.92 Å². The van der Waals surface area contributed by atoms with Crippen LogP contribution in [-0.4, -0.2) is 41.4 Å². The fraction of sp³-hybridized carbons (Fsp3) is 0.714. The summed E-state index contributed by atoms with van der Waals surface area (Å²) in [6, 6.07) is 1.91. The Bertz CT molecular complexity index is 348. The number of hydrogen-bond donors (Lipinski definition) is 3. The van der Waals surface area contributed by atoms with Crippen molar-refractivity contribution in [1.29, 1.82) is 0 Å². The first-order valence-corrected chi connectivity index (χ1v) is 7.34. The maximum Gasteiger partial charge on any atom is 0.158 e. The second-order valence-electron chi connectivity index (χ2n) is 4.48. The van der Waals surface area contributed by atoms with Crippen LogP contribution < -0.4 is 10.6 Å². The lowest BCUT2D eigenvalue weighted by atomic mass is 10.3. The van der Waals surface area contributed by atoms with E-state index in [0.717, 1.165) is 44.0 Å². The molecule has 0 radical (unpaired) electrons. The zero-order valence-electron chi connectivity index (χ0n) is 12.5. The molecule has 6 heteroatoms.